The summed E-state index contributed by atoms with van der Waals surface area (Å²) in [6.07, 6.45) is 1.28. The summed E-state index contributed by atoms with van der Waals surface area (Å²) in [7, 11) is 0. The number of nitrogens with one attached hydrogen (secondary N) is 1. The predicted molar refractivity (Wildman–Crippen MR) is 29.9 cm³/mol. The van der Waals surface area contributed by atoms with Crippen LogP contribution in [0.3, 0.4) is 0 Å². The summed E-state index contributed by atoms with van der Waals surface area (Å²) in [6, 6.07) is 0. The number of rotatable bonds is 3. The van der Waals surface area contributed by atoms with E-state index in [0.717, 1.165) is 0 Å². The summed E-state index contributed by atoms with van der Waals surface area (Å²) >= 11 is 0. The van der Waals surface area contributed by atoms with E-state index in [-0.39, 0.29) is 6.10 Å². The van der Waals surface area contributed by atoms with E-state index < -0.39 is 0 Å². The third-order valence-corrected chi connectivity index (χ3v) is 0.558. The van der Waals surface area contributed by atoms with E-state index in [0.29, 0.717) is 6.54 Å². The Morgan fingerprint density at radius 1 is 2.00 bits per heavy atom. The monoisotopic (exact) mass is 101 g/mol. The average molecular weight is 101 g/mol. The molecule has 0 spiro atoms. The zero-order valence-corrected chi connectivity index (χ0v) is 4.52. The molecule has 0 amide bonds. The fourth-order valence-corrected chi connectivity index (χ4v) is 0.254. The van der Waals surface area contributed by atoms with Crippen LogP contribution in [0.5, 0.6) is 0 Å². The molecule has 0 aliphatic heterocycles. The second-order valence-corrected chi connectivity index (χ2v) is 1.46. The summed E-state index contributed by atoms with van der Waals surface area (Å²) in [5.41, 5.74) is 0. The average Bonchev–Trinajstić information content (AvgIpc) is 1.61. The molecule has 0 radical (unpaired) electrons. The summed E-state index contributed by atoms with van der Waals surface area (Å²) < 4.78 is 0. The van der Waals surface area contributed by atoms with Crippen molar-refractivity contribution < 1.29 is 5.11 Å². The summed E-state index contributed by atoms with van der Waals surface area (Å²) in [5, 5.41) is 11.3. The molecule has 0 aromatic carbocycles. The Balaban J connectivity index is 2.81. The molecule has 0 saturated carbocycles. The van der Waals surface area contributed by atoms with E-state index in [4.69, 9.17) is 5.11 Å². The Morgan fingerprint density at radius 2 is 2.57 bits per heavy atom. The van der Waals surface area contributed by atoms with E-state index in [1.807, 2.05) is 0 Å². The minimum atomic E-state index is -0.280. The van der Waals surface area contributed by atoms with Gasteiger partial charge in [-0.05, 0) is 13.1 Å². The number of hydrogen-bond acceptors (Lipinski definition) is 2. The lowest BCUT2D eigenvalue weighted by atomic mass is 10.4. The van der Waals surface area contributed by atoms with E-state index in [9.17, 15) is 0 Å². The van der Waals surface area contributed by atoms with Gasteiger partial charge in [-0.25, -0.2) is 0 Å². The van der Waals surface area contributed by atoms with Gasteiger partial charge < -0.3 is 10.4 Å². The molecule has 1 unspecified atom stereocenters. The summed E-state index contributed by atoms with van der Waals surface area (Å²) in [5.74, 6) is 0. The number of aliphatic hydroxyl groups excluding tert-OH is 1. The highest BCUT2D eigenvalue weighted by molar-refractivity contribution is 4.64. The smallest absolute Gasteiger partial charge is 0.0684 e. The second kappa shape index (κ2) is 3.68. The summed E-state index contributed by atoms with van der Waals surface area (Å²) in [4.78, 5) is 0. The molecule has 1 atom stereocenters. The van der Waals surface area contributed by atoms with Gasteiger partial charge in [-0.15, -0.1) is 0 Å². The van der Waals surface area contributed by atoms with Crippen molar-refractivity contribution in [2.24, 2.45) is 0 Å². The van der Waals surface area contributed by atoms with Gasteiger partial charge in [0.25, 0.3) is 0 Å². The first kappa shape index (κ1) is 6.50. The van der Waals surface area contributed by atoms with Gasteiger partial charge >= 0.3 is 0 Å². The van der Waals surface area contributed by atoms with Gasteiger partial charge in [-0.2, -0.15) is 0 Å². The van der Waals surface area contributed by atoms with Crippen LogP contribution in [0.15, 0.2) is 12.8 Å². The third-order valence-electron chi connectivity index (χ3n) is 0.558. The van der Waals surface area contributed by atoms with E-state index in [1.54, 1.807) is 13.1 Å². The molecule has 42 valence electrons. The van der Waals surface area contributed by atoms with Crippen molar-refractivity contribution in [1.29, 1.82) is 0 Å². The van der Waals surface area contributed by atoms with Crippen molar-refractivity contribution in [3.63, 3.8) is 0 Å². The topological polar surface area (TPSA) is 32.3 Å². The molecule has 0 heterocycles. The van der Waals surface area contributed by atoms with E-state index in [1.165, 1.54) is 0 Å². The van der Waals surface area contributed by atoms with Crippen molar-refractivity contribution in [3.05, 3.63) is 12.8 Å². The van der Waals surface area contributed by atoms with Gasteiger partial charge in [-0.3, -0.25) is 0 Å². The van der Waals surface area contributed by atoms with Crippen molar-refractivity contribution in [1.82, 2.24) is 5.32 Å². The van der Waals surface area contributed by atoms with Crippen molar-refractivity contribution in [2.75, 3.05) is 6.54 Å². The maximum atomic E-state index is 8.57. The first-order valence-electron chi connectivity index (χ1n) is 2.29. The van der Waals surface area contributed by atoms with Crippen molar-refractivity contribution >= 4 is 0 Å². The molecule has 0 aromatic heterocycles. The molecule has 2 nitrogen and oxygen atoms in total. The fraction of sp³-hybridized carbons (Fsp3) is 0.600. The molecule has 0 fully saturated rings. The Kier molecular flexibility index (Phi) is 3.42. The van der Waals surface area contributed by atoms with Crippen LogP contribution in [0.1, 0.15) is 6.92 Å². The maximum Gasteiger partial charge on any atom is 0.0684 e. The van der Waals surface area contributed by atoms with Gasteiger partial charge in [-0.1, -0.05) is 6.58 Å². The highest BCUT2D eigenvalue weighted by Gasteiger charge is 1.87. The van der Waals surface area contributed by atoms with E-state index >= 15 is 0 Å². The Hall–Kier alpha value is -0.500. The van der Waals surface area contributed by atoms with Gasteiger partial charge in [0.15, 0.2) is 0 Å². The van der Waals surface area contributed by atoms with Crippen molar-refractivity contribution in [2.45, 2.75) is 13.0 Å². The van der Waals surface area contributed by atoms with Crippen LogP contribution < -0.4 is 5.32 Å². The van der Waals surface area contributed by atoms with Gasteiger partial charge in [0, 0.05) is 6.54 Å². The molecule has 0 bridgehead atoms. The standard InChI is InChI=1S/C5H11NO/c1-3-6-4-5(2)7/h3,5-7H,1,4H2,2H3. The van der Waals surface area contributed by atoms with Crippen LogP contribution in [0.25, 0.3) is 0 Å². The lowest BCUT2D eigenvalue weighted by molar-refractivity contribution is 0.196. The van der Waals surface area contributed by atoms with Crippen LogP contribution >= 0.6 is 0 Å². The molecular weight excluding hydrogens is 90.1 g/mol. The Bertz CT molecular complexity index is 52.0. The Labute approximate surface area is 43.9 Å². The lowest BCUT2D eigenvalue weighted by Gasteiger charge is -2.00. The molecule has 0 rings (SSSR count). The largest absolute Gasteiger partial charge is 0.392 e. The highest BCUT2D eigenvalue weighted by atomic mass is 16.3. The van der Waals surface area contributed by atoms with Gasteiger partial charge in [0.05, 0.1) is 6.10 Å². The maximum absolute atomic E-state index is 8.57. The highest BCUT2D eigenvalue weighted by Crippen LogP contribution is 1.71. The minimum absolute atomic E-state index is 0.280. The number of aliphatic hydroxyl groups is 1. The van der Waals surface area contributed by atoms with Crippen LogP contribution in [-0.2, 0) is 0 Å². The van der Waals surface area contributed by atoms with Crippen molar-refractivity contribution in [3.8, 4) is 0 Å². The normalized spacial score (nSPS) is 12.9. The lowest BCUT2D eigenvalue weighted by Crippen LogP contribution is -2.18. The predicted octanol–water partition coefficient (Wildman–Crippen LogP) is 0.100. The molecule has 2 N–H and O–H groups in total. The molecule has 0 aromatic rings. The number of hydrogen-bond donors (Lipinski definition) is 2. The fourth-order valence-electron chi connectivity index (χ4n) is 0.254. The molecule has 0 saturated heterocycles. The van der Waals surface area contributed by atoms with E-state index in [2.05, 4.69) is 11.9 Å². The van der Waals surface area contributed by atoms with Gasteiger partial charge in [0.1, 0.15) is 0 Å². The van der Waals surface area contributed by atoms with Crippen LogP contribution in [-0.4, -0.2) is 17.8 Å². The first-order valence-corrected chi connectivity index (χ1v) is 2.29. The zero-order chi connectivity index (χ0) is 5.70. The zero-order valence-electron chi connectivity index (χ0n) is 4.52. The second-order valence-electron chi connectivity index (χ2n) is 1.46. The molecule has 0 aliphatic rings. The van der Waals surface area contributed by atoms with Crippen LogP contribution in [0.2, 0.25) is 0 Å². The third kappa shape index (κ3) is 5.50. The molecule has 2 heteroatoms. The quantitative estimate of drug-likeness (QED) is 0.528. The van der Waals surface area contributed by atoms with Crippen LogP contribution in [0.4, 0.5) is 0 Å². The minimum Gasteiger partial charge on any atom is -0.392 e. The molecular formula is C5H11NO. The SMILES string of the molecule is C=CNCC(C)O. The molecule has 7 heavy (non-hydrogen) atoms. The van der Waals surface area contributed by atoms with Gasteiger partial charge in [0.2, 0.25) is 0 Å². The Morgan fingerprint density at radius 3 is 2.71 bits per heavy atom. The van der Waals surface area contributed by atoms with Crippen LogP contribution in [0, 0.1) is 0 Å². The summed E-state index contributed by atoms with van der Waals surface area (Å²) in [6.45, 7) is 5.72. The molecule has 0 aliphatic carbocycles. The first-order chi connectivity index (χ1) is 3.27.